The first-order chi connectivity index (χ1) is 8.90. The van der Waals surface area contributed by atoms with E-state index in [4.69, 9.17) is 11.6 Å². The van der Waals surface area contributed by atoms with Crippen LogP contribution in [0, 0.1) is 13.8 Å². The summed E-state index contributed by atoms with van der Waals surface area (Å²) in [6.45, 7) is 3.86. The maximum Gasteiger partial charge on any atom is 0.207 e. The molecule has 0 aliphatic heterocycles. The van der Waals surface area contributed by atoms with Crippen LogP contribution in [0.2, 0.25) is 5.02 Å². The van der Waals surface area contributed by atoms with Crippen molar-refractivity contribution < 1.29 is 4.79 Å². The number of hydrogen-bond acceptors (Lipinski definition) is 3. The zero-order chi connectivity index (χ0) is 14.2. The molecule has 0 bridgehead atoms. The van der Waals surface area contributed by atoms with Crippen molar-refractivity contribution in [2.75, 3.05) is 0 Å². The van der Waals surface area contributed by atoms with Gasteiger partial charge >= 0.3 is 0 Å². The van der Waals surface area contributed by atoms with Gasteiger partial charge in [-0.2, -0.15) is 10.2 Å². The second-order valence-corrected chi connectivity index (χ2v) is 4.81. The Morgan fingerprint density at radius 1 is 1.32 bits per heavy atom. The molecule has 2 rings (SSSR count). The maximum atomic E-state index is 12.0. The van der Waals surface area contributed by atoms with Gasteiger partial charge < -0.3 is 0 Å². The molecule has 0 saturated carbocycles. The fourth-order valence-electron chi connectivity index (χ4n) is 1.90. The number of aromatic nitrogens is 4. The largest absolute Gasteiger partial charge is 0.287 e. The smallest absolute Gasteiger partial charge is 0.207 e. The van der Waals surface area contributed by atoms with Gasteiger partial charge in [0.2, 0.25) is 5.78 Å². The minimum Gasteiger partial charge on any atom is -0.287 e. The number of nitrogens with zero attached hydrogens (tertiary/aromatic N) is 4. The zero-order valence-corrected chi connectivity index (χ0v) is 12.1. The van der Waals surface area contributed by atoms with Crippen LogP contribution in [0.3, 0.4) is 0 Å². The first kappa shape index (κ1) is 13.5. The van der Waals surface area contributed by atoms with Crippen LogP contribution in [0.5, 0.6) is 0 Å². The molecule has 2 aromatic rings. The molecule has 0 radical (unpaired) electrons. The van der Waals surface area contributed by atoms with Crippen molar-refractivity contribution in [3.63, 3.8) is 0 Å². The Balaban J connectivity index is 2.28. The summed E-state index contributed by atoms with van der Waals surface area (Å²) in [6, 6.07) is 0. The Kier molecular flexibility index (Phi) is 3.57. The highest BCUT2D eigenvalue weighted by Gasteiger charge is 2.13. The van der Waals surface area contributed by atoms with E-state index in [-0.39, 0.29) is 11.5 Å². The minimum atomic E-state index is -0.215. The van der Waals surface area contributed by atoms with Crippen molar-refractivity contribution in [3.8, 4) is 0 Å². The molecule has 0 saturated heterocycles. The molecule has 0 amide bonds. The topological polar surface area (TPSA) is 52.7 Å². The molecule has 2 heterocycles. The summed E-state index contributed by atoms with van der Waals surface area (Å²) in [6.07, 6.45) is 4.83. The van der Waals surface area contributed by atoms with Crippen molar-refractivity contribution in [1.82, 2.24) is 19.6 Å². The van der Waals surface area contributed by atoms with E-state index in [1.54, 1.807) is 24.0 Å². The van der Waals surface area contributed by atoms with E-state index in [1.807, 2.05) is 20.9 Å². The predicted molar refractivity (Wildman–Crippen MR) is 74.3 cm³/mol. The molecule has 0 atom stereocenters. The number of aryl methyl sites for hydroxylation is 3. The average Bonchev–Trinajstić information content (AvgIpc) is 2.78. The highest BCUT2D eigenvalue weighted by atomic mass is 35.5. The fraction of sp³-hybridized carbons (Fsp3) is 0.308. The molecule has 6 heteroatoms. The molecule has 0 fully saturated rings. The number of rotatable bonds is 3. The lowest BCUT2D eigenvalue weighted by molar-refractivity contribution is 0.104. The Morgan fingerprint density at radius 3 is 2.47 bits per heavy atom. The molecule has 19 heavy (non-hydrogen) atoms. The van der Waals surface area contributed by atoms with Crippen LogP contribution < -0.4 is 0 Å². The molecule has 0 aromatic carbocycles. The van der Waals surface area contributed by atoms with Gasteiger partial charge in [0, 0.05) is 31.5 Å². The summed E-state index contributed by atoms with van der Waals surface area (Å²) >= 11 is 5.93. The molecule has 5 nitrogen and oxygen atoms in total. The summed E-state index contributed by atoms with van der Waals surface area (Å²) in [4.78, 5) is 12.0. The van der Waals surface area contributed by atoms with E-state index in [0.717, 1.165) is 17.0 Å². The van der Waals surface area contributed by atoms with E-state index in [9.17, 15) is 4.79 Å². The Hall–Kier alpha value is -1.88. The average molecular weight is 279 g/mol. The van der Waals surface area contributed by atoms with Gasteiger partial charge in [-0.3, -0.25) is 14.2 Å². The van der Waals surface area contributed by atoms with Crippen molar-refractivity contribution in [1.29, 1.82) is 0 Å². The first-order valence-electron chi connectivity index (χ1n) is 5.82. The van der Waals surface area contributed by atoms with Gasteiger partial charge in [0.1, 0.15) is 0 Å². The van der Waals surface area contributed by atoms with Gasteiger partial charge in [-0.05, 0) is 26.0 Å². The lowest BCUT2D eigenvalue weighted by Gasteiger charge is -1.94. The number of halogens is 1. The third-order valence-electron chi connectivity index (χ3n) is 2.98. The van der Waals surface area contributed by atoms with Crippen LogP contribution in [0.1, 0.15) is 27.4 Å². The summed E-state index contributed by atoms with van der Waals surface area (Å²) in [5.41, 5.74) is 3.10. The van der Waals surface area contributed by atoms with Gasteiger partial charge in [-0.15, -0.1) is 0 Å². The molecule has 0 aliphatic rings. The van der Waals surface area contributed by atoms with E-state index < -0.39 is 0 Å². The Labute approximate surface area is 116 Å². The normalized spacial score (nSPS) is 11.4. The molecule has 0 aliphatic carbocycles. The monoisotopic (exact) mass is 278 g/mol. The Morgan fingerprint density at radius 2 is 2.00 bits per heavy atom. The van der Waals surface area contributed by atoms with Crippen LogP contribution in [0.25, 0.3) is 6.08 Å². The van der Waals surface area contributed by atoms with Gasteiger partial charge in [-0.25, -0.2) is 0 Å². The first-order valence-corrected chi connectivity index (χ1v) is 6.19. The Bertz CT molecular complexity index is 666. The van der Waals surface area contributed by atoms with E-state index in [1.165, 1.54) is 10.8 Å². The molecule has 0 unspecified atom stereocenters. The summed E-state index contributed by atoms with van der Waals surface area (Å²) in [7, 11) is 3.60. The van der Waals surface area contributed by atoms with E-state index in [0.29, 0.717) is 5.02 Å². The van der Waals surface area contributed by atoms with Gasteiger partial charge in [-0.1, -0.05) is 11.6 Å². The van der Waals surface area contributed by atoms with Crippen LogP contribution in [-0.2, 0) is 14.1 Å². The van der Waals surface area contributed by atoms with Crippen LogP contribution in [0.4, 0.5) is 0 Å². The van der Waals surface area contributed by atoms with Crippen molar-refractivity contribution in [3.05, 3.63) is 39.9 Å². The molecule has 0 spiro atoms. The quantitative estimate of drug-likeness (QED) is 0.639. The molecule has 2 aromatic heterocycles. The van der Waals surface area contributed by atoms with Gasteiger partial charge in [0.05, 0.1) is 10.7 Å². The maximum absolute atomic E-state index is 12.0. The lowest BCUT2D eigenvalue weighted by atomic mass is 10.1. The number of hydrogen-bond donors (Lipinski definition) is 0. The summed E-state index contributed by atoms with van der Waals surface area (Å²) in [5, 5.41) is 8.68. The number of carbonyl (C=O) groups excluding carboxylic acids is 1. The van der Waals surface area contributed by atoms with Crippen molar-refractivity contribution >= 4 is 23.5 Å². The molecular formula is C13H15ClN4O. The third kappa shape index (κ3) is 2.61. The van der Waals surface area contributed by atoms with Gasteiger partial charge in [0.25, 0.3) is 0 Å². The van der Waals surface area contributed by atoms with Gasteiger partial charge in [0.15, 0.2) is 5.69 Å². The van der Waals surface area contributed by atoms with Crippen molar-refractivity contribution in [2.45, 2.75) is 13.8 Å². The molecule has 0 N–H and O–H groups in total. The molecule has 100 valence electrons. The van der Waals surface area contributed by atoms with Crippen LogP contribution in [-0.4, -0.2) is 25.3 Å². The predicted octanol–water partition coefficient (Wildman–Crippen LogP) is 2.32. The van der Waals surface area contributed by atoms with Crippen molar-refractivity contribution in [2.24, 2.45) is 14.1 Å². The standard InChI is InChI=1S/C13H15ClN4O/c1-8-10(9(2)18(4)15-8)5-6-12(19)13-11(14)7-17(3)16-13/h5-7H,1-4H3/b6-5+. The highest BCUT2D eigenvalue weighted by molar-refractivity contribution is 6.34. The van der Waals surface area contributed by atoms with E-state index >= 15 is 0 Å². The van der Waals surface area contributed by atoms with Crippen LogP contribution >= 0.6 is 11.6 Å². The number of ketones is 1. The van der Waals surface area contributed by atoms with E-state index in [2.05, 4.69) is 10.2 Å². The molecular weight excluding hydrogens is 264 g/mol. The summed E-state index contributed by atoms with van der Waals surface area (Å²) < 4.78 is 3.30. The van der Waals surface area contributed by atoms with Crippen LogP contribution in [0.15, 0.2) is 12.3 Å². The zero-order valence-electron chi connectivity index (χ0n) is 11.3. The SMILES string of the molecule is Cc1nn(C)c(C)c1/C=C/C(=O)c1nn(C)cc1Cl. The third-order valence-corrected chi connectivity index (χ3v) is 3.26. The highest BCUT2D eigenvalue weighted by Crippen LogP contribution is 2.17. The minimum absolute atomic E-state index is 0.215. The lowest BCUT2D eigenvalue weighted by Crippen LogP contribution is -1.98. The summed E-state index contributed by atoms with van der Waals surface area (Å²) in [5.74, 6) is -0.215. The second kappa shape index (κ2) is 5.01. The number of allylic oxidation sites excluding steroid dienone is 1. The fourth-order valence-corrected chi connectivity index (χ4v) is 2.17. The number of carbonyl (C=O) groups is 1. The second-order valence-electron chi connectivity index (χ2n) is 4.40.